The first-order valence-electron chi connectivity index (χ1n) is 5.62. The third kappa shape index (κ3) is 4.17. The molecule has 7 heteroatoms. The lowest BCUT2D eigenvalue weighted by molar-refractivity contribution is 0.0855. The molecular weight excluding hydrogens is 254 g/mol. The van der Waals surface area contributed by atoms with E-state index in [2.05, 4.69) is 5.32 Å². The number of nitrogen functional groups attached to an aromatic ring is 1. The first kappa shape index (κ1) is 14.7. The molecule has 1 aromatic rings. The third-order valence-electron chi connectivity index (χ3n) is 2.36. The predicted molar refractivity (Wildman–Crippen MR) is 71.8 cm³/mol. The Morgan fingerprint density at radius 2 is 2.11 bits per heavy atom. The van der Waals surface area contributed by atoms with Crippen molar-refractivity contribution in [1.29, 1.82) is 0 Å². The van der Waals surface area contributed by atoms with E-state index in [-0.39, 0.29) is 16.7 Å². The smallest absolute Gasteiger partial charge is 0.240 e. The number of sulfonamides is 1. The van der Waals surface area contributed by atoms with Crippen molar-refractivity contribution in [2.24, 2.45) is 5.14 Å². The highest BCUT2D eigenvalue weighted by molar-refractivity contribution is 7.89. The Labute approximate surface area is 107 Å². The molecule has 0 radical (unpaired) electrons. The van der Waals surface area contributed by atoms with Gasteiger partial charge in [0.2, 0.25) is 10.0 Å². The van der Waals surface area contributed by atoms with Crippen molar-refractivity contribution in [3.05, 3.63) is 18.2 Å². The molecule has 0 bridgehead atoms. The van der Waals surface area contributed by atoms with Crippen LogP contribution < -0.4 is 16.2 Å². The molecule has 0 aliphatic carbocycles. The molecule has 0 fully saturated rings. The van der Waals surface area contributed by atoms with Crippen LogP contribution in [0.25, 0.3) is 0 Å². The number of ether oxygens (including phenoxy) is 1. The molecule has 0 saturated carbocycles. The van der Waals surface area contributed by atoms with Crippen molar-refractivity contribution >= 4 is 21.4 Å². The first-order valence-corrected chi connectivity index (χ1v) is 7.17. The minimum atomic E-state index is -3.77. The molecule has 5 N–H and O–H groups in total. The maximum Gasteiger partial charge on any atom is 0.240 e. The molecule has 0 heterocycles. The molecule has 0 amide bonds. The molecule has 0 saturated heterocycles. The van der Waals surface area contributed by atoms with Crippen molar-refractivity contribution in [3.63, 3.8) is 0 Å². The minimum Gasteiger partial charge on any atom is -0.398 e. The van der Waals surface area contributed by atoms with Crippen LogP contribution in [0.2, 0.25) is 0 Å². The molecule has 1 atom stereocenters. The largest absolute Gasteiger partial charge is 0.398 e. The van der Waals surface area contributed by atoms with E-state index < -0.39 is 10.0 Å². The van der Waals surface area contributed by atoms with Crippen molar-refractivity contribution in [1.82, 2.24) is 0 Å². The Kier molecular flexibility index (Phi) is 4.94. The van der Waals surface area contributed by atoms with Crippen molar-refractivity contribution in [2.75, 3.05) is 24.2 Å². The number of nitrogens with two attached hydrogens (primary N) is 2. The molecule has 6 nitrogen and oxygen atoms in total. The first-order chi connectivity index (χ1) is 8.34. The van der Waals surface area contributed by atoms with E-state index in [9.17, 15) is 8.42 Å². The second-order valence-electron chi connectivity index (χ2n) is 3.94. The second-order valence-corrected chi connectivity index (χ2v) is 5.47. The van der Waals surface area contributed by atoms with E-state index in [1.807, 2.05) is 13.8 Å². The summed E-state index contributed by atoms with van der Waals surface area (Å²) in [6, 6.07) is 4.55. The average Bonchev–Trinajstić information content (AvgIpc) is 2.25. The molecule has 0 aromatic heterocycles. The maximum absolute atomic E-state index is 11.2. The Morgan fingerprint density at radius 1 is 1.44 bits per heavy atom. The summed E-state index contributed by atoms with van der Waals surface area (Å²) in [6.45, 7) is 5.13. The van der Waals surface area contributed by atoms with E-state index in [1.165, 1.54) is 6.07 Å². The molecular formula is C11H19N3O3S. The molecule has 0 aliphatic rings. The van der Waals surface area contributed by atoms with E-state index in [0.717, 1.165) is 5.69 Å². The molecule has 18 heavy (non-hydrogen) atoms. The SMILES string of the molecule is CCOC(C)CNc1ccc(S(N)(=O)=O)c(N)c1. The summed E-state index contributed by atoms with van der Waals surface area (Å²) >= 11 is 0. The van der Waals surface area contributed by atoms with Gasteiger partial charge in [0.25, 0.3) is 0 Å². The minimum absolute atomic E-state index is 0.0640. The topological polar surface area (TPSA) is 107 Å². The van der Waals surface area contributed by atoms with Crippen molar-refractivity contribution in [2.45, 2.75) is 24.8 Å². The zero-order valence-corrected chi connectivity index (χ0v) is 11.3. The Hall–Kier alpha value is -1.31. The lowest BCUT2D eigenvalue weighted by atomic mass is 10.2. The van der Waals surface area contributed by atoms with Gasteiger partial charge in [-0.25, -0.2) is 13.6 Å². The molecule has 0 spiro atoms. The molecule has 1 rings (SSSR count). The standard InChI is InChI=1S/C11H19N3O3S/c1-3-17-8(2)7-14-9-4-5-11(10(12)6-9)18(13,15)16/h4-6,8,14H,3,7,12H2,1-2H3,(H2,13,15,16). The van der Waals surface area contributed by atoms with Crippen LogP contribution in [0.5, 0.6) is 0 Å². The van der Waals surface area contributed by atoms with E-state index in [0.29, 0.717) is 13.2 Å². The number of nitrogens with one attached hydrogen (secondary N) is 1. The Balaban J connectivity index is 2.74. The van der Waals surface area contributed by atoms with Gasteiger partial charge in [-0.1, -0.05) is 0 Å². The van der Waals surface area contributed by atoms with E-state index >= 15 is 0 Å². The van der Waals surface area contributed by atoms with Gasteiger partial charge in [-0.3, -0.25) is 0 Å². The summed E-state index contributed by atoms with van der Waals surface area (Å²) in [7, 11) is -3.77. The quantitative estimate of drug-likeness (QED) is 0.663. The number of primary sulfonamides is 1. The number of hydrogen-bond donors (Lipinski definition) is 3. The van der Waals surface area contributed by atoms with Gasteiger partial charge < -0.3 is 15.8 Å². The summed E-state index contributed by atoms with van der Waals surface area (Å²) in [5.41, 5.74) is 6.50. The lowest BCUT2D eigenvalue weighted by Gasteiger charge is -2.14. The monoisotopic (exact) mass is 273 g/mol. The van der Waals surface area contributed by atoms with Gasteiger partial charge in [0.1, 0.15) is 4.90 Å². The van der Waals surface area contributed by atoms with Crippen LogP contribution in [0, 0.1) is 0 Å². The van der Waals surface area contributed by atoms with Gasteiger partial charge in [-0.15, -0.1) is 0 Å². The lowest BCUT2D eigenvalue weighted by Crippen LogP contribution is -2.20. The maximum atomic E-state index is 11.2. The van der Waals surface area contributed by atoms with Crippen molar-refractivity contribution in [3.8, 4) is 0 Å². The van der Waals surface area contributed by atoms with Crippen molar-refractivity contribution < 1.29 is 13.2 Å². The van der Waals surface area contributed by atoms with Crippen LogP contribution in [0.1, 0.15) is 13.8 Å². The average molecular weight is 273 g/mol. The van der Waals surface area contributed by atoms with E-state index in [4.69, 9.17) is 15.6 Å². The van der Waals surface area contributed by atoms with Gasteiger partial charge in [-0.05, 0) is 32.0 Å². The fourth-order valence-electron chi connectivity index (χ4n) is 1.52. The van der Waals surface area contributed by atoms with Gasteiger partial charge in [-0.2, -0.15) is 0 Å². The fourth-order valence-corrected chi connectivity index (χ4v) is 2.17. The van der Waals surface area contributed by atoms with Gasteiger partial charge in [0, 0.05) is 18.8 Å². The number of rotatable bonds is 6. The van der Waals surface area contributed by atoms with Crippen LogP contribution in [0.3, 0.4) is 0 Å². The van der Waals surface area contributed by atoms with Crippen LogP contribution in [0.15, 0.2) is 23.1 Å². The van der Waals surface area contributed by atoms with Crippen LogP contribution in [-0.2, 0) is 14.8 Å². The molecule has 1 aromatic carbocycles. The zero-order valence-electron chi connectivity index (χ0n) is 10.5. The van der Waals surface area contributed by atoms with E-state index in [1.54, 1.807) is 12.1 Å². The number of benzene rings is 1. The summed E-state index contributed by atoms with van der Waals surface area (Å²) in [5, 5.41) is 8.13. The highest BCUT2D eigenvalue weighted by atomic mass is 32.2. The van der Waals surface area contributed by atoms with Crippen LogP contribution in [-0.4, -0.2) is 27.7 Å². The normalized spacial score (nSPS) is 13.3. The molecule has 1 unspecified atom stereocenters. The highest BCUT2D eigenvalue weighted by Gasteiger charge is 2.12. The Bertz CT molecular complexity index is 502. The zero-order chi connectivity index (χ0) is 13.8. The second kappa shape index (κ2) is 6.03. The Morgan fingerprint density at radius 3 is 2.61 bits per heavy atom. The summed E-state index contributed by atoms with van der Waals surface area (Å²) in [6.07, 6.45) is 0.0640. The summed E-state index contributed by atoms with van der Waals surface area (Å²) in [5.74, 6) is 0. The number of anilines is 2. The highest BCUT2D eigenvalue weighted by Crippen LogP contribution is 2.21. The molecule has 102 valence electrons. The van der Waals surface area contributed by atoms with Crippen LogP contribution >= 0.6 is 0 Å². The summed E-state index contributed by atoms with van der Waals surface area (Å²) in [4.78, 5) is -0.0640. The van der Waals surface area contributed by atoms with Gasteiger partial charge >= 0.3 is 0 Å². The third-order valence-corrected chi connectivity index (χ3v) is 3.35. The predicted octanol–water partition coefficient (Wildman–Crippen LogP) is 0.753. The van der Waals surface area contributed by atoms with Gasteiger partial charge in [0.05, 0.1) is 11.8 Å². The van der Waals surface area contributed by atoms with Crippen LogP contribution in [0.4, 0.5) is 11.4 Å². The van der Waals surface area contributed by atoms with Gasteiger partial charge in [0.15, 0.2) is 0 Å². The molecule has 0 aliphatic heterocycles. The summed E-state index contributed by atoms with van der Waals surface area (Å²) < 4.78 is 27.7. The number of hydrogen-bond acceptors (Lipinski definition) is 5. The fraction of sp³-hybridized carbons (Fsp3) is 0.455.